The minimum Gasteiger partial charge on any atom is -0.378 e. The molecule has 280 valence electrons. The van der Waals surface area contributed by atoms with Gasteiger partial charge in [0.1, 0.15) is 35.2 Å². The molecule has 0 saturated carbocycles. The molecule has 0 fully saturated rings. The van der Waals surface area contributed by atoms with Crippen LogP contribution in [0.15, 0.2) is 48.5 Å². The minimum absolute atomic E-state index is 0.0824. The first-order chi connectivity index (χ1) is 24.8. The van der Waals surface area contributed by atoms with Crippen LogP contribution >= 0.6 is 0 Å². The SMILES string of the molecule is CC.Cc1nn(C)c2c(-c3ccc(C#CC(C)(C)O)nc3[C@H](Cc3cc(F)cc(F)c3)NC(=O)Cn3nc(C(F)(F)F)c4c3C(F)(F)CC4)cccc12. The van der Waals surface area contributed by atoms with Crippen LogP contribution in [0.2, 0.25) is 0 Å². The summed E-state index contributed by atoms with van der Waals surface area (Å²) in [5.41, 5.74) is -1.76. The quantitative estimate of drug-likeness (QED) is 0.132. The molecule has 0 radical (unpaired) electrons. The van der Waals surface area contributed by atoms with E-state index in [-0.39, 0.29) is 23.4 Å². The van der Waals surface area contributed by atoms with E-state index in [1.165, 1.54) is 13.8 Å². The van der Waals surface area contributed by atoms with Crippen molar-refractivity contribution in [2.75, 3.05) is 0 Å². The molecule has 53 heavy (non-hydrogen) atoms. The topological polar surface area (TPSA) is 97.9 Å². The lowest BCUT2D eigenvalue weighted by molar-refractivity contribution is -0.142. The molecule has 6 rings (SSSR count). The van der Waals surface area contributed by atoms with Crippen LogP contribution in [-0.4, -0.2) is 41.2 Å². The van der Waals surface area contributed by atoms with Crippen molar-refractivity contribution in [3.8, 4) is 23.0 Å². The third kappa shape index (κ3) is 8.38. The van der Waals surface area contributed by atoms with E-state index in [1.54, 1.807) is 36.0 Å². The number of aromatic nitrogens is 5. The Morgan fingerprint density at radius 1 is 1.04 bits per heavy atom. The third-order valence-corrected chi connectivity index (χ3v) is 8.44. The van der Waals surface area contributed by atoms with Gasteiger partial charge < -0.3 is 10.4 Å². The predicted molar refractivity (Wildman–Crippen MR) is 184 cm³/mol. The van der Waals surface area contributed by atoms with Crippen LogP contribution in [0.5, 0.6) is 0 Å². The van der Waals surface area contributed by atoms with Crippen LogP contribution < -0.4 is 5.32 Å². The van der Waals surface area contributed by atoms with Gasteiger partial charge in [0.05, 0.1) is 22.9 Å². The minimum atomic E-state index is -5.04. The average Bonchev–Trinajstić information content (AvgIpc) is 3.70. The van der Waals surface area contributed by atoms with E-state index < -0.39 is 77.6 Å². The summed E-state index contributed by atoms with van der Waals surface area (Å²) in [7, 11) is 1.73. The Bertz CT molecular complexity index is 2220. The lowest BCUT2D eigenvalue weighted by Crippen LogP contribution is -2.35. The molecule has 0 saturated heterocycles. The number of nitrogens with zero attached hydrogens (tertiary/aromatic N) is 5. The van der Waals surface area contributed by atoms with E-state index >= 15 is 0 Å². The third-order valence-electron chi connectivity index (χ3n) is 8.44. The summed E-state index contributed by atoms with van der Waals surface area (Å²) in [5, 5.41) is 21.6. The molecule has 2 aromatic carbocycles. The second kappa shape index (κ2) is 14.7. The van der Waals surface area contributed by atoms with Gasteiger partial charge in [-0.1, -0.05) is 38.0 Å². The van der Waals surface area contributed by atoms with Crippen molar-refractivity contribution in [2.45, 2.75) is 84.2 Å². The van der Waals surface area contributed by atoms with E-state index in [0.29, 0.717) is 27.4 Å². The van der Waals surface area contributed by atoms with Crippen molar-refractivity contribution in [1.82, 2.24) is 29.9 Å². The number of amides is 1. The molecule has 0 spiro atoms. The van der Waals surface area contributed by atoms with Crippen molar-refractivity contribution < 1.29 is 40.6 Å². The molecule has 1 aliphatic carbocycles. The zero-order valence-electron chi connectivity index (χ0n) is 29.8. The monoisotopic (exact) mass is 742 g/mol. The van der Waals surface area contributed by atoms with E-state index in [2.05, 4.69) is 27.4 Å². The molecule has 0 bridgehead atoms. The number of hydrogen-bond donors (Lipinski definition) is 2. The van der Waals surface area contributed by atoms with Crippen LogP contribution in [0, 0.1) is 30.4 Å². The molecule has 0 unspecified atom stereocenters. The maximum absolute atomic E-state index is 14.9. The first-order valence-electron chi connectivity index (χ1n) is 16.8. The molecule has 3 heterocycles. The van der Waals surface area contributed by atoms with E-state index in [4.69, 9.17) is 4.98 Å². The van der Waals surface area contributed by atoms with Gasteiger partial charge >= 0.3 is 6.18 Å². The molecular weight excluding hydrogens is 705 g/mol. The van der Waals surface area contributed by atoms with Gasteiger partial charge in [0.15, 0.2) is 5.69 Å². The molecule has 8 nitrogen and oxygen atoms in total. The van der Waals surface area contributed by atoms with Gasteiger partial charge in [-0.25, -0.2) is 13.8 Å². The largest absolute Gasteiger partial charge is 0.435 e. The Balaban J connectivity index is 0.00000266. The lowest BCUT2D eigenvalue weighted by atomic mass is 9.93. The number of benzene rings is 2. The summed E-state index contributed by atoms with van der Waals surface area (Å²) >= 11 is 0. The Morgan fingerprint density at radius 2 is 1.72 bits per heavy atom. The molecule has 3 aromatic heterocycles. The molecule has 15 heteroatoms. The fourth-order valence-electron chi connectivity index (χ4n) is 6.43. The number of alkyl halides is 5. The van der Waals surface area contributed by atoms with Gasteiger partial charge in [0.2, 0.25) is 5.91 Å². The van der Waals surface area contributed by atoms with Crippen molar-refractivity contribution in [3.05, 3.63) is 99.8 Å². The Hall–Kier alpha value is -5.23. The number of aliphatic hydroxyl groups is 1. The fourth-order valence-corrected chi connectivity index (χ4v) is 6.43. The molecular formula is C38H37F7N6O2. The van der Waals surface area contributed by atoms with E-state index in [1.807, 2.05) is 26.8 Å². The number of para-hydroxylation sites is 1. The smallest absolute Gasteiger partial charge is 0.378 e. The van der Waals surface area contributed by atoms with Gasteiger partial charge in [-0.3, -0.25) is 14.2 Å². The second-order valence-corrected chi connectivity index (χ2v) is 13.0. The van der Waals surface area contributed by atoms with Crippen molar-refractivity contribution in [1.29, 1.82) is 0 Å². The fraction of sp³-hybridized carbons (Fsp3) is 0.368. The first kappa shape index (κ1) is 39.0. The van der Waals surface area contributed by atoms with Crippen LogP contribution in [0.4, 0.5) is 30.7 Å². The number of carbonyl (C=O) groups excluding carboxylic acids is 1. The predicted octanol–water partition coefficient (Wildman–Crippen LogP) is 7.72. The highest BCUT2D eigenvalue weighted by Crippen LogP contribution is 2.46. The van der Waals surface area contributed by atoms with Gasteiger partial charge in [0, 0.05) is 41.6 Å². The second-order valence-electron chi connectivity index (χ2n) is 13.0. The van der Waals surface area contributed by atoms with Crippen molar-refractivity contribution >= 4 is 16.8 Å². The molecule has 1 aliphatic rings. The average molecular weight is 743 g/mol. The van der Waals surface area contributed by atoms with Crippen molar-refractivity contribution in [3.63, 3.8) is 0 Å². The highest BCUT2D eigenvalue weighted by Gasteiger charge is 2.50. The van der Waals surface area contributed by atoms with Crippen LogP contribution in [0.3, 0.4) is 0 Å². The summed E-state index contributed by atoms with van der Waals surface area (Å²) in [6, 6.07) is 10.2. The summed E-state index contributed by atoms with van der Waals surface area (Å²) < 4.78 is 102. The van der Waals surface area contributed by atoms with Crippen LogP contribution in [0.25, 0.3) is 22.0 Å². The van der Waals surface area contributed by atoms with Crippen LogP contribution in [0.1, 0.15) is 79.8 Å². The maximum Gasteiger partial charge on any atom is 0.435 e. The molecule has 1 atom stereocenters. The number of pyridine rings is 1. The molecule has 2 N–H and O–H groups in total. The summed E-state index contributed by atoms with van der Waals surface area (Å²) in [5.74, 6) is -1.06. The number of hydrogen-bond acceptors (Lipinski definition) is 5. The zero-order valence-corrected chi connectivity index (χ0v) is 29.8. The van der Waals surface area contributed by atoms with Gasteiger partial charge in [0.25, 0.3) is 5.92 Å². The number of fused-ring (bicyclic) bond motifs is 2. The number of carbonyl (C=O) groups is 1. The number of aryl methyl sites for hydroxylation is 2. The highest BCUT2D eigenvalue weighted by molar-refractivity contribution is 5.96. The number of halogens is 7. The summed E-state index contributed by atoms with van der Waals surface area (Å²) in [6.45, 7) is 7.72. The van der Waals surface area contributed by atoms with Gasteiger partial charge in [-0.2, -0.15) is 32.1 Å². The van der Waals surface area contributed by atoms with Gasteiger partial charge in [-0.15, -0.1) is 0 Å². The van der Waals surface area contributed by atoms with Crippen molar-refractivity contribution in [2.24, 2.45) is 7.05 Å². The number of rotatable bonds is 7. The summed E-state index contributed by atoms with van der Waals surface area (Å²) in [6.07, 6.45) is -6.77. The first-order valence-corrected chi connectivity index (χ1v) is 16.8. The Labute approximate surface area is 301 Å². The molecule has 1 amide bonds. The normalized spacial score (nSPS) is 14.2. The Kier molecular flexibility index (Phi) is 10.8. The molecule has 5 aromatic rings. The lowest BCUT2D eigenvalue weighted by Gasteiger charge is -2.23. The Morgan fingerprint density at radius 3 is 2.36 bits per heavy atom. The van der Waals surface area contributed by atoms with E-state index in [0.717, 1.165) is 23.2 Å². The van der Waals surface area contributed by atoms with E-state index in [9.17, 15) is 40.6 Å². The van der Waals surface area contributed by atoms with Gasteiger partial charge in [-0.05, 0) is 69.4 Å². The zero-order chi connectivity index (χ0) is 39.0. The maximum atomic E-state index is 14.9. The molecule has 0 aliphatic heterocycles. The standard InChI is InChI=1S/C36H31F7N6O2.C2H6/c1-19-24-6-5-7-26(31(24)48(4)46-19)25-9-8-23(10-12-34(2,3)51)44-30(25)28(16-20-14-21(37)17-22(38)15-20)45-29(50)18-49-33-27(11-13-35(33,39)40)32(47-49)36(41,42)43;1-2/h5-9,14-15,17,28,51H,11,13,16,18H2,1-4H3,(H,45,50);1-2H3/t28-;/m0./s1. The van der Waals surface area contributed by atoms with Crippen LogP contribution in [-0.2, 0) is 43.3 Å². The summed E-state index contributed by atoms with van der Waals surface area (Å²) in [4.78, 5) is 18.4. The highest BCUT2D eigenvalue weighted by atomic mass is 19.4. The number of nitrogens with one attached hydrogen (secondary N) is 1.